The van der Waals surface area contributed by atoms with Crippen molar-refractivity contribution in [2.75, 3.05) is 0 Å². The minimum atomic E-state index is -0.0683. The van der Waals surface area contributed by atoms with Gasteiger partial charge in [0.15, 0.2) is 0 Å². The van der Waals surface area contributed by atoms with Crippen molar-refractivity contribution in [3.05, 3.63) is 73.3 Å². The zero-order chi connectivity index (χ0) is 15.5. The van der Waals surface area contributed by atoms with Crippen molar-refractivity contribution in [1.29, 1.82) is 0 Å². The van der Waals surface area contributed by atoms with Gasteiger partial charge in [0.2, 0.25) is 0 Å². The third kappa shape index (κ3) is 8.83. The Labute approximate surface area is 121 Å². The lowest BCUT2D eigenvalue weighted by Gasteiger charge is -2.09. The van der Waals surface area contributed by atoms with E-state index in [2.05, 4.69) is 43.5 Å². The first-order chi connectivity index (χ1) is 9.36. The van der Waals surface area contributed by atoms with Crippen LogP contribution in [0.25, 0.3) is 0 Å². The lowest BCUT2D eigenvalue weighted by molar-refractivity contribution is 0.435. The van der Waals surface area contributed by atoms with Crippen LogP contribution in [0.1, 0.15) is 19.8 Å². The van der Waals surface area contributed by atoms with Crippen molar-refractivity contribution in [3.63, 3.8) is 0 Å². The van der Waals surface area contributed by atoms with Gasteiger partial charge in [-0.15, -0.1) is 0 Å². The Morgan fingerprint density at radius 1 is 1.05 bits per heavy atom. The zero-order valence-corrected chi connectivity index (χ0v) is 12.0. The largest absolute Gasteiger partial charge is 0.509 e. The third-order valence-corrected chi connectivity index (χ3v) is 2.34. The molecule has 108 valence electrons. The fraction of sp³-hybridized carbons (Fsp3) is 0.250. The molecule has 0 bridgehead atoms. The molecule has 0 saturated heterocycles. The van der Waals surface area contributed by atoms with Crippen LogP contribution >= 0.6 is 0 Å². The van der Waals surface area contributed by atoms with Gasteiger partial charge >= 0.3 is 0 Å². The predicted molar refractivity (Wildman–Crippen MR) is 85.2 cm³/mol. The van der Waals surface area contributed by atoms with Crippen LogP contribution in [0, 0.1) is 0 Å². The standard InChI is InChI=1S/C16H23N3O/c1-6-7-16(17)12(2)8-9-13(3)18-19-14(4)10-11-15(5)20/h8-11,16,20H,2-7,17H2,1H3/b9-8-,11-10-,19-18?. The molecule has 0 radical (unpaired) electrons. The number of nitrogens with two attached hydrogens (primary N) is 1. The molecule has 0 rings (SSSR count). The maximum Gasteiger partial charge on any atom is 0.108 e. The molecule has 1 unspecified atom stereocenters. The lowest BCUT2D eigenvalue weighted by atomic mass is 10.0. The number of rotatable bonds is 9. The van der Waals surface area contributed by atoms with Crippen LogP contribution in [0.2, 0.25) is 0 Å². The summed E-state index contributed by atoms with van der Waals surface area (Å²) in [6.45, 7) is 16.7. The van der Waals surface area contributed by atoms with E-state index in [9.17, 15) is 0 Å². The number of hydrogen-bond donors (Lipinski definition) is 2. The highest BCUT2D eigenvalue weighted by atomic mass is 16.3. The second-order valence-electron chi connectivity index (χ2n) is 4.31. The smallest absolute Gasteiger partial charge is 0.108 e. The molecular formula is C16H23N3O. The van der Waals surface area contributed by atoms with Crippen molar-refractivity contribution in [2.24, 2.45) is 16.0 Å². The van der Waals surface area contributed by atoms with Crippen molar-refractivity contribution in [2.45, 2.75) is 25.8 Å². The topological polar surface area (TPSA) is 71.0 Å². The molecule has 4 heteroatoms. The van der Waals surface area contributed by atoms with Crippen LogP contribution in [0.5, 0.6) is 0 Å². The average molecular weight is 273 g/mol. The molecule has 0 fully saturated rings. The molecular weight excluding hydrogens is 250 g/mol. The van der Waals surface area contributed by atoms with E-state index in [0.29, 0.717) is 11.4 Å². The van der Waals surface area contributed by atoms with E-state index < -0.39 is 0 Å². The normalized spacial score (nSPS) is 13.1. The summed E-state index contributed by atoms with van der Waals surface area (Å²) in [5.41, 5.74) is 7.60. The summed E-state index contributed by atoms with van der Waals surface area (Å²) in [6.07, 6.45) is 8.27. The van der Waals surface area contributed by atoms with Crippen LogP contribution in [-0.2, 0) is 0 Å². The Morgan fingerprint density at radius 3 is 2.00 bits per heavy atom. The second-order valence-corrected chi connectivity index (χ2v) is 4.31. The zero-order valence-electron chi connectivity index (χ0n) is 12.0. The summed E-state index contributed by atoms with van der Waals surface area (Å²) in [6, 6.07) is -0.0468. The minimum Gasteiger partial charge on any atom is -0.509 e. The van der Waals surface area contributed by atoms with Crippen LogP contribution in [0.15, 0.2) is 83.6 Å². The molecule has 0 saturated carbocycles. The molecule has 0 aliphatic carbocycles. The summed E-state index contributed by atoms with van der Waals surface area (Å²) < 4.78 is 0. The van der Waals surface area contributed by atoms with Crippen molar-refractivity contribution < 1.29 is 5.11 Å². The van der Waals surface area contributed by atoms with Gasteiger partial charge in [-0.05, 0) is 30.2 Å². The van der Waals surface area contributed by atoms with Crippen molar-refractivity contribution in [1.82, 2.24) is 0 Å². The molecule has 0 amide bonds. The summed E-state index contributed by atoms with van der Waals surface area (Å²) in [5, 5.41) is 16.6. The summed E-state index contributed by atoms with van der Waals surface area (Å²) in [4.78, 5) is 0. The van der Waals surface area contributed by atoms with Gasteiger partial charge in [-0.2, -0.15) is 10.2 Å². The highest BCUT2D eigenvalue weighted by Crippen LogP contribution is 2.08. The molecule has 4 nitrogen and oxygen atoms in total. The maximum absolute atomic E-state index is 8.87. The lowest BCUT2D eigenvalue weighted by Crippen LogP contribution is -2.20. The fourth-order valence-electron chi connectivity index (χ4n) is 1.21. The quantitative estimate of drug-likeness (QED) is 0.373. The molecule has 20 heavy (non-hydrogen) atoms. The van der Waals surface area contributed by atoms with Crippen LogP contribution in [-0.4, -0.2) is 11.1 Å². The Bertz CT molecular complexity index is 470. The molecule has 0 heterocycles. The molecule has 0 aromatic heterocycles. The molecule has 0 aliphatic heterocycles. The number of nitrogens with zero attached hydrogens (tertiary/aromatic N) is 2. The minimum absolute atomic E-state index is 0.0468. The van der Waals surface area contributed by atoms with E-state index in [4.69, 9.17) is 10.8 Å². The first-order valence-electron chi connectivity index (χ1n) is 6.34. The highest BCUT2D eigenvalue weighted by Gasteiger charge is 2.01. The van der Waals surface area contributed by atoms with Crippen molar-refractivity contribution in [3.8, 4) is 0 Å². The van der Waals surface area contributed by atoms with E-state index in [1.165, 1.54) is 12.2 Å². The van der Waals surface area contributed by atoms with Gasteiger partial charge in [-0.1, -0.05) is 45.7 Å². The van der Waals surface area contributed by atoms with Gasteiger partial charge in [0, 0.05) is 6.04 Å². The molecule has 3 N–H and O–H groups in total. The first-order valence-corrected chi connectivity index (χ1v) is 6.34. The molecule has 0 aliphatic rings. The van der Waals surface area contributed by atoms with Gasteiger partial charge in [-0.25, -0.2) is 0 Å². The predicted octanol–water partition coefficient (Wildman–Crippen LogP) is 4.33. The molecule has 0 aromatic carbocycles. The van der Waals surface area contributed by atoms with E-state index in [1.54, 1.807) is 12.2 Å². The Kier molecular flexibility index (Phi) is 8.63. The van der Waals surface area contributed by atoms with Crippen LogP contribution in [0.3, 0.4) is 0 Å². The third-order valence-electron chi connectivity index (χ3n) is 2.34. The second kappa shape index (κ2) is 9.69. The Balaban J connectivity index is 4.38. The number of hydrogen-bond acceptors (Lipinski definition) is 4. The first kappa shape index (κ1) is 17.8. The summed E-state index contributed by atoms with van der Waals surface area (Å²) >= 11 is 0. The summed E-state index contributed by atoms with van der Waals surface area (Å²) in [7, 11) is 0. The number of aliphatic hydroxyl groups is 1. The summed E-state index contributed by atoms with van der Waals surface area (Å²) in [5.74, 6) is -0.0683. The van der Waals surface area contributed by atoms with Gasteiger partial charge in [0.05, 0.1) is 11.4 Å². The monoisotopic (exact) mass is 273 g/mol. The van der Waals surface area contributed by atoms with Gasteiger partial charge in [0.1, 0.15) is 5.76 Å². The average Bonchev–Trinajstić information content (AvgIpc) is 2.40. The van der Waals surface area contributed by atoms with Crippen LogP contribution in [0.4, 0.5) is 0 Å². The molecule has 1 atom stereocenters. The van der Waals surface area contributed by atoms with Crippen molar-refractivity contribution >= 4 is 0 Å². The number of azo groups is 1. The molecule has 0 aromatic rings. The van der Waals surface area contributed by atoms with E-state index in [1.807, 2.05) is 0 Å². The van der Waals surface area contributed by atoms with E-state index in [0.717, 1.165) is 18.4 Å². The van der Waals surface area contributed by atoms with Gasteiger partial charge in [-0.3, -0.25) is 0 Å². The Hall–Kier alpha value is -2.20. The molecule has 0 spiro atoms. The number of allylic oxidation sites excluding steroid dienone is 3. The number of aliphatic hydroxyl groups excluding tert-OH is 1. The van der Waals surface area contributed by atoms with E-state index >= 15 is 0 Å². The van der Waals surface area contributed by atoms with E-state index in [-0.39, 0.29) is 11.8 Å². The highest BCUT2D eigenvalue weighted by molar-refractivity contribution is 5.27. The fourth-order valence-corrected chi connectivity index (χ4v) is 1.21. The maximum atomic E-state index is 8.87. The SMILES string of the molecule is C=C(O)/C=C\C(=C)N=NC(=C)/C=C\C(=C)C(N)CCC. The van der Waals surface area contributed by atoms with Crippen LogP contribution < -0.4 is 5.73 Å². The van der Waals surface area contributed by atoms with Gasteiger partial charge < -0.3 is 10.8 Å². The Morgan fingerprint density at radius 2 is 1.55 bits per heavy atom. The van der Waals surface area contributed by atoms with Gasteiger partial charge in [0.25, 0.3) is 0 Å².